The van der Waals surface area contributed by atoms with Gasteiger partial charge in [0, 0.05) is 32.4 Å². The van der Waals surface area contributed by atoms with Crippen molar-refractivity contribution >= 4 is 22.8 Å². The number of rotatable bonds is 4. The van der Waals surface area contributed by atoms with Crippen molar-refractivity contribution < 1.29 is 22.0 Å². The van der Waals surface area contributed by atoms with Crippen LogP contribution in [-0.4, -0.2) is 57.3 Å². The fourth-order valence-corrected chi connectivity index (χ4v) is 4.67. The molecule has 2 aliphatic rings. The molecule has 0 N–H and O–H groups in total. The van der Waals surface area contributed by atoms with Crippen LogP contribution >= 0.6 is 0 Å². The Morgan fingerprint density at radius 2 is 1.81 bits per heavy atom. The Balaban J connectivity index is 1.35. The van der Waals surface area contributed by atoms with Crippen molar-refractivity contribution in [1.29, 1.82) is 0 Å². The molecular weight excluding hydrogens is 433 g/mol. The third kappa shape index (κ3) is 3.82. The van der Waals surface area contributed by atoms with Crippen LogP contribution in [0.25, 0.3) is 11.2 Å². The van der Waals surface area contributed by atoms with Gasteiger partial charge in [-0.2, -0.15) is 18.3 Å². The number of nitrogens with zero attached hydrogens (tertiary/aromatic N) is 7. The third-order valence-electron chi connectivity index (χ3n) is 6.16. The normalized spacial score (nSPS) is 21.6. The highest BCUT2D eigenvalue weighted by atomic mass is 19.4. The standard InChI is InChI=1S/C20H20F5N7/c21-16(22)11-32-19-15(6-28-32)27-7-17(29-19)31-8-12-3-5-30(9-13(12)10-31)18-14(20(23,24)25)2-1-4-26-18/h1-2,4,6-7,12-13,16H,3,5,8-11H2/t12-,13-/m0/s1. The molecule has 3 aromatic heterocycles. The number of hydrogen-bond acceptors (Lipinski definition) is 6. The topological polar surface area (TPSA) is 63.0 Å². The zero-order valence-electron chi connectivity index (χ0n) is 16.9. The predicted molar refractivity (Wildman–Crippen MR) is 107 cm³/mol. The van der Waals surface area contributed by atoms with E-state index in [9.17, 15) is 22.0 Å². The molecule has 3 aromatic rings. The molecule has 2 saturated heterocycles. The van der Waals surface area contributed by atoms with Gasteiger partial charge in [0.15, 0.2) is 5.65 Å². The van der Waals surface area contributed by atoms with E-state index in [1.54, 1.807) is 11.1 Å². The third-order valence-corrected chi connectivity index (χ3v) is 6.16. The molecule has 32 heavy (non-hydrogen) atoms. The van der Waals surface area contributed by atoms with E-state index in [4.69, 9.17) is 0 Å². The molecule has 5 rings (SSSR count). The molecule has 2 atom stereocenters. The van der Waals surface area contributed by atoms with Crippen LogP contribution in [0.4, 0.5) is 33.6 Å². The molecule has 170 valence electrons. The summed E-state index contributed by atoms with van der Waals surface area (Å²) in [5.74, 6) is 0.959. The monoisotopic (exact) mass is 453 g/mol. The van der Waals surface area contributed by atoms with Crippen LogP contribution in [-0.2, 0) is 12.7 Å². The minimum Gasteiger partial charge on any atom is -0.356 e. The van der Waals surface area contributed by atoms with Gasteiger partial charge in [0.2, 0.25) is 0 Å². The van der Waals surface area contributed by atoms with Crippen molar-refractivity contribution in [1.82, 2.24) is 24.7 Å². The molecule has 0 radical (unpaired) electrons. The molecule has 0 aliphatic carbocycles. The average molecular weight is 453 g/mol. The number of hydrogen-bond donors (Lipinski definition) is 0. The molecule has 0 unspecified atom stereocenters. The largest absolute Gasteiger partial charge is 0.419 e. The van der Waals surface area contributed by atoms with E-state index >= 15 is 0 Å². The lowest BCUT2D eigenvalue weighted by Crippen LogP contribution is -2.41. The summed E-state index contributed by atoms with van der Waals surface area (Å²) in [7, 11) is 0. The van der Waals surface area contributed by atoms with Crippen LogP contribution in [0.5, 0.6) is 0 Å². The maximum Gasteiger partial charge on any atom is 0.419 e. The van der Waals surface area contributed by atoms with Gasteiger partial charge >= 0.3 is 6.18 Å². The van der Waals surface area contributed by atoms with E-state index in [1.165, 1.54) is 18.5 Å². The van der Waals surface area contributed by atoms with E-state index in [0.29, 0.717) is 49.1 Å². The van der Waals surface area contributed by atoms with Crippen LogP contribution in [0, 0.1) is 11.8 Å². The number of anilines is 2. The number of halogens is 5. The fourth-order valence-electron chi connectivity index (χ4n) is 4.67. The van der Waals surface area contributed by atoms with Gasteiger partial charge < -0.3 is 9.80 Å². The van der Waals surface area contributed by atoms with Crippen LogP contribution < -0.4 is 9.80 Å². The Hall–Kier alpha value is -3.05. The molecule has 5 heterocycles. The summed E-state index contributed by atoms with van der Waals surface area (Å²) in [5.41, 5.74) is 0.00605. The first-order valence-corrected chi connectivity index (χ1v) is 10.3. The zero-order chi connectivity index (χ0) is 22.5. The SMILES string of the molecule is FC(F)Cn1ncc2ncc(N3C[C@@H]4CN(c5ncccc5C(F)(F)F)CC[C@H]4C3)nc21. The lowest BCUT2D eigenvalue weighted by Gasteiger charge is -2.36. The van der Waals surface area contributed by atoms with Gasteiger partial charge in [0.25, 0.3) is 6.43 Å². The first-order valence-electron chi connectivity index (χ1n) is 10.3. The summed E-state index contributed by atoms with van der Waals surface area (Å²) in [6.07, 6.45) is -1.92. The lowest BCUT2D eigenvalue weighted by molar-refractivity contribution is -0.137. The van der Waals surface area contributed by atoms with E-state index in [-0.39, 0.29) is 11.7 Å². The highest BCUT2D eigenvalue weighted by Gasteiger charge is 2.41. The quantitative estimate of drug-likeness (QED) is 0.564. The number of aromatic nitrogens is 5. The number of alkyl halides is 5. The van der Waals surface area contributed by atoms with Crippen molar-refractivity contribution in [3.63, 3.8) is 0 Å². The summed E-state index contributed by atoms with van der Waals surface area (Å²) < 4.78 is 67.0. The summed E-state index contributed by atoms with van der Waals surface area (Å²) in [4.78, 5) is 16.6. The predicted octanol–water partition coefficient (Wildman–Crippen LogP) is 3.47. The maximum absolute atomic E-state index is 13.4. The molecule has 12 heteroatoms. The lowest BCUT2D eigenvalue weighted by atomic mass is 9.88. The second-order valence-electron chi connectivity index (χ2n) is 8.19. The molecule has 2 aliphatic heterocycles. The number of piperidine rings is 1. The van der Waals surface area contributed by atoms with Crippen LogP contribution in [0.2, 0.25) is 0 Å². The van der Waals surface area contributed by atoms with Gasteiger partial charge in [0.1, 0.15) is 23.7 Å². The fraction of sp³-hybridized carbons (Fsp3) is 0.500. The highest BCUT2D eigenvalue weighted by Crippen LogP contribution is 2.39. The Morgan fingerprint density at radius 1 is 1.03 bits per heavy atom. The van der Waals surface area contributed by atoms with Gasteiger partial charge in [-0.25, -0.2) is 28.4 Å². The summed E-state index contributed by atoms with van der Waals surface area (Å²) in [5, 5.41) is 3.93. The second-order valence-corrected chi connectivity index (χ2v) is 8.19. The Kier molecular flexibility index (Phi) is 5.09. The molecule has 0 amide bonds. The Morgan fingerprint density at radius 3 is 2.59 bits per heavy atom. The van der Waals surface area contributed by atoms with E-state index in [1.807, 2.05) is 4.90 Å². The van der Waals surface area contributed by atoms with E-state index < -0.39 is 24.7 Å². The van der Waals surface area contributed by atoms with Crippen LogP contribution in [0.3, 0.4) is 0 Å². The molecule has 0 aromatic carbocycles. The maximum atomic E-state index is 13.4. The van der Waals surface area contributed by atoms with Crippen molar-refractivity contribution in [3.05, 3.63) is 36.3 Å². The number of pyridine rings is 1. The molecule has 0 bridgehead atoms. The molecule has 7 nitrogen and oxygen atoms in total. The van der Waals surface area contributed by atoms with Crippen molar-refractivity contribution in [3.8, 4) is 0 Å². The smallest absolute Gasteiger partial charge is 0.356 e. The molecular formula is C20H20F5N7. The van der Waals surface area contributed by atoms with Gasteiger partial charge in [-0.15, -0.1) is 0 Å². The Bertz CT molecular complexity index is 1120. The summed E-state index contributed by atoms with van der Waals surface area (Å²) in [6.45, 7) is 1.67. The molecule has 0 spiro atoms. The van der Waals surface area contributed by atoms with Crippen molar-refractivity contribution in [2.75, 3.05) is 36.0 Å². The Labute approximate surface area is 179 Å². The zero-order valence-corrected chi connectivity index (χ0v) is 16.9. The number of fused-ring (bicyclic) bond motifs is 2. The van der Waals surface area contributed by atoms with Gasteiger partial charge in [-0.1, -0.05) is 0 Å². The van der Waals surface area contributed by atoms with Crippen LogP contribution in [0.15, 0.2) is 30.7 Å². The van der Waals surface area contributed by atoms with Crippen molar-refractivity contribution in [2.24, 2.45) is 11.8 Å². The minimum absolute atomic E-state index is 0.0333. The molecule has 0 saturated carbocycles. The van der Waals surface area contributed by atoms with Gasteiger partial charge in [-0.05, 0) is 30.4 Å². The first kappa shape index (κ1) is 20.8. The molecule has 2 fully saturated rings. The van der Waals surface area contributed by atoms with E-state index in [2.05, 4.69) is 20.1 Å². The van der Waals surface area contributed by atoms with Crippen molar-refractivity contribution in [2.45, 2.75) is 25.6 Å². The summed E-state index contributed by atoms with van der Waals surface area (Å²) in [6, 6.07) is 2.35. The highest BCUT2D eigenvalue weighted by molar-refractivity contribution is 5.71. The second kappa shape index (κ2) is 7.82. The average Bonchev–Trinajstić information content (AvgIpc) is 3.36. The summed E-state index contributed by atoms with van der Waals surface area (Å²) >= 11 is 0. The minimum atomic E-state index is -4.46. The van der Waals surface area contributed by atoms with Gasteiger partial charge in [-0.3, -0.25) is 0 Å². The van der Waals surface area contributed by atoms with Gasteiger partial charge in [0.05, 0.1) is 18.0 Å². The van der Waals surface area contributed by atoms with E-state index in [0.717, 1.165) is 17.2 Å². The van der Waals surface area contributed by atoms with Crippen LogP contribution in [0.1, 0.15) is 12.0 Å². The first-order chi connectivity index (χ1) is 15.3.